The van der Waals surface area contributed by atoms with Crippen molar-refractivity contribution in [3.8, 4) is 0 Å². The second-order valence-electron chi connectivity index (χ2n) is 6.33. The first-order valence-corrected chi connectivity index (χ1v) is 9.86. The van der Waals surface area contributed by atoms with Crippen molar-refractivity contribution in [2.45, 2.75) is 32.7 Å². The van der Waals surface area contributed by atoms with Gasteiger partial charge in [-0.1, -0.05) is 0 Å². The first kappa shape index (κ1) is 19.4. The second kappa shape index (κ2) is 7.53. The molecule has 1 aliphatic heterocycles. The molecule has 1 N–H and O–H groups in total. The smallest absolute Gasteiger partial charge is 0.335 e. The maximum atomic E-state index is 12.7. The molecule has 25 heavy (non-hydrogen) atoms. The number of benzene rings is 1. The standard InChI is InChI=1S/C17H24N2O5S/c1-4-25(23,24)18(3)15-5-7-19(8-6-15)16(20)13-9-12(2)10-14(11-13)17(21)22/h9-11,15H,4-8H2,1-3H3,(H,21,22). The molecule has 138 valence electrons. The molecule has 1 aliphatic rings. The van der Waals surface area contributed by atoms with Crippen molar-refractivity contribution in [1.82, 2.24) is 9.21 Å². The highest BCUT2D eigenvalue weighted by atomic mass is 32.2. The number of rotatable bonds is 5. The lowest BCUT2D eigenvalue weighted by atomic mass is 10.0. The van der Waals surface area contributed by atoms with Crippen LogP contribution in [0.4, 0.5) is 0 Å². The quantitative estimate of drug-likeness (QED) is 0.851. The molecule has 0 radical (unpaired) electrons. The van der Waals surface area contributed by atoms with Crippen molar-refractivity contribution in [3.63, 3.8) is 0 Å². The van der Waals surface area contributed by atoms with Gasteiger partial charge in [0.25, 0.3) is 5.91 Å². The van der Waals surface area contributed by atoms with Gasteiger partial charge < -0.3 is 10.0 Å². The van der Waals surface area contributed by atoms with E-state index >= 15 is 0 Å². The minimum atomic E-state index is -3.24. The van der Waals surface area contributed by atoms with Crippen LogP contribution in [0.2, 0.25) is 0 Å². The van der Waals surface area contributed by atoms with Gasteiger partial charge >= 0.3 is 5.97 Å². The van der Waals surface area contributed by atoms with Crippen LogP contribution in [0.15, 0.2) is 18.2 Å². The number of carbonyl (C=O) groups excluding carboxylic acids is 1. The summed E-state index contributed by atoms with van der Waals surface area (Å²) < 4.78 is 25.3. The summed E-state index contributed by atoms with van der Waals surface area (Å²) in [5.41, 5.74) is 1.16. The third-order valence-corrected chi connectivity index (χ3v) is 6.55. The molecule has 2 rings (SSSR count). The molecular formula is C17H24N2O5S. The van der Waals surface area contributed by atoms with Crippen molar-refractivity contribution >= 4 is 21.9 Å². The Bertz CT molecular complexity index is 767. The monoisotopic (exact) mass is 368 g/mol. The van der Waals surface area contributed by atoms with Gasteiger partial charge in [-0.2, -0.15) is 0 Å². The second-order valence-corrected chi connectivity index (χ2v) is 8.65. The summed E-state index contributed by atoms with van der Waals surface area (Å²) in [7, 11) is -1.66. The maximum absolute atomic E-state index is 12.7. The Hall–Kier alpha value is -1.93. The predicted octanol–water partition coefficient (Wildman–Crippen LogP) is 1.58. The minimum absolute atomic E-state index is 0.0594. The van der Waals surface area contributed by atoms with Crippen LogP contribution in [0, 0.1) is 6.92 Å². The molecule has 0 spiro atoms. The van der Waals surface area contributed by atoms with Gasteiger partial charge in [-0.3, -0.25) is 4.79 Å². The van der Waals surface area contributed by atoms with Gasteiger partial charge in [0.15, 0.2) is 0 Å². The summed E-state index contributed by atoms with van der Waals surface area (Å²) in [5.74, 6) is -1.22. The van der Waals surface area contributed by atoms with E-state index in [9.17, 15) is 18.0 Å². The van der Waals surface area contributed by atoms with Gasteiger partial charge in [-0.15, -0.1) is 0 Å². The third-order valence-electron chi connectivity index (χ3n) is 4.64. The molecule has 1 heterocycles. The SMILES string of the molecule is CCS(=O)(=O)N(C)C1CCN(C(=O)c2cc(C)cc(C(=O)O)c2)CC1. The summed E-state index contributed by atoms with van der Waals surface area (Å²) in [6.45, 7) is 4.26. The molecule has 1 saturated heterocycles. The Kier molecular flexibility index (Phi) is 5.84. The Morgan fingerprint density at radius 2 is 1.76 bits per heavy atom. The van der Waals surface area contributed by atoms with Crippen LogP contribution in [-0.4, -0.2) is 66.5 Å². The largest absolute Gasteiger partial charge is 0.478 e. The fourth-order valence-corrected chi connectivity index (χ4v) is 4.15. The highest BCUT2D eigenvalue weighted by Gasteiger charge is 2.30. The summed E-state index contributed by atoms with van der Waals surface area (Å²) in [4.78, 5) is 25.5. The van der Waals surface area contributed by atoms with Crippen LogP contribution < -0.4 is 0 Å². The normalized spacial score (nSPS) is 16.2. The molecule has 0 atom stereocenters. The number of hydrogen-bond donors (Lipinski definition) is 1. The number of nitrogens with zero attached hydrogens (tertiary/aromatic N) is 2. The van der Waals surface area contributed by atoms with Gasteiger partial charge in [-0.05, 0) is 50.5 Å². The van der Waals surface area contributed by atoms with Gasteiger partial charge in [0.2, 0.25) is 10.0 Å². The molecule has 1 aromatic carbocycles. The number of carbonyl (C=O) groups is 2. The van der Waals surface area contributed by atoms with Crippen molar-refractivity contribution in [2.24, 2.45) is 0 Å². The average Bonchev–Trinajstić information content (AvgIpc) is 2.60. The first-order valence-electron chi connectivity index (χ1n) is 8.25. The fourth-order valence-electron chi connectivity index (χ4n) is 3.08. The summed E-state index contributed by atoms with van der Waals surface area (Å²) in [6, 6.07) is 4.48. The molecule has 1 aromatic rings. The minimum Gasteiger partial charge on any atom is -0.478 e. The number of amides is 1. The number of likely N-dealkylation sites (tertiary alicyclic amines) is 1. The number of aryl methyl sites for hydroxylation is 1. The van der Waals surface area contributed by atoms with Gasteiger partial charge in [0.1, 0.15) is 0 Å². The molecule has 1 amide bonds. The van der Waals surface area contributed by atoms with E-state index in [-0.39, 0.29) is 23.3 Å². The lowest BCUT2D eigenvalue weighted by Crippen LogP contribution is -2.47. The zero-order chi connectivity index (χ0) is 18.8. The Morgan fingerprint density at radius 3 is 2.28 bits per heavy atom. The number of hydrogen-bond acceptors (Lipinski definition) is 4. The van der Waals surface area contributed by atoms with Crippen LogP contribution in [0.1, 0.15) is 46.0 Å². The summed E-state index contributed by atoms with van der Waals surface area (Å²) in [5, 5.41) is 9.13. The summed E-state index contributed by atoms with van der Waals surface area (Å²) in [6.07, 6.45) is 1.14. The number of piperidine rings is 1. The molecule has 0 unspecified atom stereocenters. The van der Waals surface area contributed by atoms with Crippen molar-refractivity contribution in [3.05, 3.63) is 34.9 Å². The molecular weight excluding hydrogens is 344 g/mol. The lowest BCUT2D eigenvalue weighted by Gasteiger charge is -2.36. The van der Waals surface area contributed by atoms with E-state index in [0.29, 0.717) is 37.1 Å². The Labute approximate surface area is 148 Å². The summed E-state index contributed by atoms with van der Waals surface area (Å²) >= 11 is 0. The van der Waals surface area contributed by atoms with E-state index in [0.717, 1.165) is 0 Å². The molecule has 1 fully saturated rings. The van der Waals surface area contributed by atoms with Gasteiger partial charge in [-0.25, -0.2) is 17.5 Å². The molecule has 7 nitrogen and oxygen atoms in total. The molecule has 0 aromatic heterocycles. The predicted molar refractivity (Wildman–Crippen MR) is 94.3 cm³/mol. The van der Waals surface area contributed by atoms with Crippen LogP contribution >= 0.6 is 0 Å². The van der Waals surface area contributed by atoms with Gasteiger partial charge in [0, 0.05) is 31.7 Å². The Morgan fingerprint density at radius 1 is 1.20 bits per heavy atom. The fraction of sp³-hybridized carbons (Fsp3) is 0.529. The maximum Gasteiger partial charge on any atom is 0.335 e. The highest BCUT2D eigenvalue weighted by Crippen LogP contribution is 2.21. The van der Waals surface area contributed by atoms with Crippen LogP contribution in [0.3, 0.4) is 0 Å². The lowest BCUT2D eigenvalue weighted by molar-refractivity contribution is 0.0686. The number of sulfonamides is 1. The molecule has 0 aliphatic carbocycles. The van der Waals surface area contributed by atoms with Crippen molar-refractivity contribution in [2.75, 3.05) is 25.9 Å². The Balaban J connectivity index is 2.08. The molecule has 0 bridgehead atoms. The van der Waals surface area contributed by atoms with E-state index in [1.54, 1.807) is 31.9 Å². The zero-order valence-electron chi connectivity index (χ0n) is 14.7. The third kappa shape index (κ3) is 4.38. The van der Waals surface area contributed by atoms with E-state index in [2.05, 4.69) is 0 Å². The van der Waals surface area contributed by atoms with Gasteiger partial charge in [0.05, 0.1) is 11.3 Å². The van der Waals surface area contributed by atoms with Crippen molar-refractivity contribution < 1.29 is 23.1 Å². The average molecular weight is 368 g/mol. The molecule has 8 heteroatoms. The van der Waals surface area contributed by atoms with Crippen LogP contribution in [0.25, 0.3) is 0 Å². The van der Waals surface area contributed by atoms with E-state index in [1.807, 2.05) is 0 Å². The zero-order valence-corrected chi connectivity index (χ0v) is 15.5. The van der Waals surface area contributed by atoms with Crippen molar-refractivity contribution in [1.29, 1.82) is 0 Å². The first-order chi connectivity index (χ1) is 11.7. The topological polar surface area (TPSA) is 95.0 Å². The highest BCUT2D eigenvalue weighted by molar-refractivity contribution is 7.89. The van der Waals surface area contributed by atoms with E-state index in [1.165, 1.54) is 16.4 Å². The van der Waals surface area contributed by atoms with Crippen LogP contribution in [0.5, 0.6) is 0 Å². The number of carboxylic acid groups (broad SMARTS) is 1. The number of carboxylic acids is 1. The van der Waals surface area contributed by atoms with E-state index in [4.69, 9.17) is 5.11 Å². The number of aromatic carboxylic acids is 1. The molecule has 0 saturated carbocycles. The van der Waals surface area contributed by atoms with E-state index < -0.39 is 16.0 Å². The van der Waals surface area contributed by atoms with Crippen LogP contribution in [-0.2, 0) is 10.0 Å².